The van der Waals surface area contributed by atoms with Gasteiger partial charge in [-0.05, 0) is 60.9 Å². The van der Waals surface area contributed by atoms with Crippen molar-refractivity contribution >= 4 is 12.1 Å². The molecule has 0 fully saturated rings. The SMILES string of the molecule is COc1ccc(/C=N/NC(=O)c2ccc(C)c(C)c2)cc1OC. The second kappa shape index (κ2) is 7.45. The number of benzene rings is 2. The molecule has 0 unspecified atom stereocenters. The first-order chi connectivity index (χ1) is 11.0. The number of methoxy groups -OCH3 is 2. The Morgan fingerprint density at radius 3 is 2.39 bits per heavy atom. The molecule has 2 aromatic rings. The highest BCUT2D eigenvalue weighted by Gasteiger charge is 2.06. The molecule has 0 saturated carbocycles. The summed E-state index contributed by atoms with van der Waals surface area (Å²) in [5, 5.41) is 3.98. The molecule has 0 spiro atoms. The molecule has 0 saturated heterocycles. The molecule has 2 aromatic carbocycles. The van der Waals surface area contributed by atoms with Gasteiger partial charge in [-0.25, -0.2) is 5.43 Å². The minimum Gasteiger partial charge on any atom is -0.493 e. The second-order valence-electron chi connectivity index (χ2n) is 5.11. The molecule has 0 aromatic heterocycles. The van der Waals surface area contributed by atoms with Gasteiger partial charge in [0.2, 0.25) is 0 Å². The average Bonchev–Trinajstić information content (AvgIpc) is 2.57. The van der Waals surface area contributed by atoms with Gasteiger partial charge in [-0.15, -0.1) is 0 Å². The van der Waals surface area contributed by atoms with E-state index in [9.17, 15) is 4.79 Å². The predicted molar refractivity (Wildman–Crippen MR) is 90.5 cm³/mol. The van der Waals surface area contributed by atoms with E-state index >= 15 is 0 Å². The molecule has 1 amide bonds. The van der Waals surface area contributed by atoms with Crippen LogP contribution in [0.25, 0.3) is 0 Å². The van der Waals surface area contributed by atoms with Gasteiger partial charge in [-0.3, -0.25) is 4.79 Å². The van der Waals surface area contributed by atoms with Crippen molar-refractivity contribution in [3.63, 3.8) is 0 Å². The van der Waals surface area contributed by atoms with E-state index in [-0.39, 0.29) is 5.91 Å². The van der Waals surface area contributed by atoms with Gasteiger partial charge >= 0.3 is 0 Å². The van der Waals surface area contributed by atoms with Crippen molar-refractivity contribution in [2.75, 3.05) is 14.2 Å². The van der Waals surface area contributed by atoms with Crippen LogP contribution in [0.2, 0.25) is 0 Å². The number of carbonyl (C=O) groups is 1. The molecule has 1 N–H and O–H groups in total. The molecular formula is C18H20N2O3. The zero-order chi connectivity index (χ0) is 16.8. The van der Waals surface area contributed by atoms with Crippen LogP contribution in [0.15, 0.2) is 41.5 Å². The predicted octanol–water partition coefficient (Wildman–Crippen LogP) is 3.08. The minimum absolute atomic E-state index is 0.246. The molecule has 0 aliphatic heterocycles. The van der Waals surface area contributed by atoms with Crippen molar-refractivity contribution in [1.82, 2.24) is 5.43 Å². The summed E-state index contributed by atoms with van der Waals surface area (Å²) in [7, 11) is 3.15. The number of ether oxygens (including phenoxy) is 2. The fourth-order valence-electron chi connectivity index (χ4n) is 2.05. The Balaban J connectivity index is 2.06. The highest BCUT2D eigenvalue weighted by Crippen LogP contribution is 2.26. The summed E-state index contributed by atoms with van der Waals surface area (Å²) in [6.07, 6.45) is 1.56. The fraction of sp³-hybridized carbons (Fsp3) is 0.222. The summed E-state index contributed by atoms with van der Waals surface area (Å²) < 4.78 is 10.4. The fourth-order valence-corrected chi connectivity index (χ4v) is 2.05. The molecule has 2 rings (SSSR count). The molecule has 5 heteroatoms. The van der Waals surface area contributed by atoms with Crippen molar-refractivity contribution < 1.29 is 14.3 Å². The Labute approximate surface area is 135 Å². The average molecular weight is 312 g/mol. The van der Waals surface area contributed by atoms with Crippen LogP contribution in [-0.4, -0.2) is 26.3 Å². The van der Waals surface area contributed by atoms with Gasteiger partial charge in [-0.1, -0.05) is 6.07 Å². The minimum atomic E-state index is -0.246. The molecular weight excluding hydrogens is 292 g/mol. The van der Waals surface area contributed by atoms with Crippen LogP contribution in [0.4, 0.5) is 0 Å². The van der Waals surface area contributed by atoms with Gasteiger partial charge in [0.05, 0.1) is 20.4 Å². The van der Waals surface area contributed by atoms with Gasteiger partial charge < -0.3 is 9.47 Å². The van der Waals surface area contributed by atoms with Crippen LogP contribution in [0, 0.1) is 13.8 Å². The summed E-state index contributed by atoms with van der Waals surface area (Å²) in [4.78, 5) is 12.1. The molecule has 5 nitrogen and oxygen atoms in total. The van der Waals surface area contributed by atoms with E-state index in [4.69, 9.17) is 9.47 Å². The van der Waals surface area contributed by atoms with Crippen LogP contribution in [-0.2, 0) is 0 Å². The third-order valence-corrected chi connectivity index (χ3v) is 3.56. The van der Waals surface area contributed by atoms with E-state index in [1.54, 1.807) is 38.6 Å². The Hall–Kier alpha value is -2.82. The summed E-state index contributed by atoms with van der Waals surface area (Å²) >= 11 is 0. The molecule has 0 radical (unpaired) electrons. The Morgan fingerprint density at radius 1 is 1.00 bits per heavy atom. The summed E-state index contributed by atoms with van der Waals surface area (Å²) in [6.45, 7) is 3.98. The van der Waals surface area contributed by atoms with E-state index in [0.29, 0.717) is 17.1 Å². The van der Waals surface area contributed by atoms with Crippen LogP contribution >= 0.6 is 0 Å². The van der Waals surface area contributed by atoms with E-state index in [1.807, 2.05) is 32.0 Å². The van der Waals surface area contributed by atoms with Crippen LogP contribution in [0.5, 0.6) is 11.5 Å². The third-order valence-electron chi connectivity index (χ3n) is 3.56. The molecule has 120 valence electrons. The first-order valence-electron chi connectivity index (χ1n) is 7.18. The summed E-state index contributed by atoms with van der Waals surface area (Å²) in [5.74, 6) is 1.01. The summed E-state index contributed by atoms with van der Waals surface area (Å²) in [5.41, 5.74) is 6.11. The largest absolute Gasteiger partial charge is 0.493 e. The number of rotatable bonds is 5. The highest BCUT2D eigenvalue weighted by atomic mass is 16.5. The number of aryl methyl sites for hydroxylation is 2. The smallest absolute Gasteiger partial charge is 0.271 e. The number of amides is 1. The van der Waals surface area contributed by atoms with Crippen molar-refractivity contribution in [1.29, 1.82) is 0 Å². The molecule has 0 atom stereocenters. The number of nitrogens with zero attached hydrogens (tertiary/aromatic N) is 1. The van der Waals surface area contributed by atoms with Crippen LogP contribution in [0.1, 0.15) is 27.0 Å². The van der Waals surface area contributed by atoms with Crippen LogP contribution in [0.3, 0.4) is 0 Å². The lowest BCUT2D eigenvalue weighted by Gasteiger charge is -2.07. The lowest BCUT2D eigenvalue weighted by molar-refractivity contribution is 0.0955. The normalized spacial score (nSPS) is 10.6. The van der Waals surface area contributed by atoms with Gasteiger partial charge in [-0.2, -0.15) is 5.10 Å². The number of hydrogen-bond acceptors (Lipinski definition) is 4. The highest BCUT2D eigenvalue weighted by molar-refractivity contribution is 5.95. The first kappa shape index (κ1) is 16.5. The third kappa shape index (κ3) is 4.10. The standard InChI is InChI=1S/C18H20N2O3/c1-12-5-7-15(9-13(12)2)18(21)20-19-11-14-6-8-16(22-3)17(10-14)23-4/h5-11H,1-4H3,(H,20,21)/b19-11+. The van der Waals surface area contributed by atoms with Gasteiger partial charge in [0.1, 0.15) is 0 Å². The maximum atomic E-state index is 12.1. The van der Waals surface area contributed by atoms with E-state index in [1.165, 1.54) is 0 Å². The van der Waals surface area contributed by atoms with Gasteiger partial charge in [0.25, 0.3) is 5.91 Å². The number of hydrogen-bond donors (Lipinski definition) is 1. The van der Waals surface area contributed by atoms with Gasteiger partial charge in [0, 0.05) is 5.56 Å². The van der Waals surface area contributed by atoms with E-state index in [2.05, 4.69) is 10.5 Å². The Morgan fingerprint density at radius 2 is 1.74 bits per heavy atom. The zero-order valence-corrected chi connectivity index (χ0v) is 13.7. The van der Waals surface area contributed by atoms with Crippen molar-refractivity contribution in [3.8, 4) is 11.5 Å². The maximum absolute atomic E-state index is 12.1. The monoisotopic (exact) mass is 312 g/mol. The van der Waals surface area contributed by atoms with Crippen molar-refractivity contribution in [2.24, 2.45) is 5.10 Å². The number of nitrogens with one attached hydrogen (secondary N) is 1. The van der Waals surface area contributed by atoms with Crippen molar-refractivity contribution in [2.45, 2.75) is 13.8 Å². The molecule has 0 bridgehead atoms. The van der Waals surface area contributed by atoms with Crippen LogP contribution < -0.4 is 14.9 Å². The molecule has 0 aliphatic rings. The second-order valence-corrected chi connectivity index (χ2v) is 5.11. The summed E-state index contributed by atoms with van der Waals surface area (Å²) in [6, 6.07) is 10.9. The molecule has 0 aliphatic carbocycles. The molecule has 23 heavy (non-hydrogen) atoms. The van der Waals surface area contributed by atoms with Gasteiger partial charge in [0.15, 0.2) is 11.5 Å². The molecule has 0 heterocycles. The topological polar surface area (TPSA) is 59.9 Å². The Bertz CT molecular complexity index is 739. The number of carbonyl (C=O) groups excluding carboxylic acids is 1. The quantitative estimate of drug-likeness (QED) is 0.682. The zero-order valence-electron chi connectivity index (χ0n) is 13.7. The van der Waals surface area contributed by atoms with E-state index < -0.39 is 0 Å². The van der Waals surface area contributed by atoms with Crippen molar-refractivity contribution in [3.05, 3.63) is 58.7 Å². The Kier molecular flexibility index (Phi) is 5.36. The first-order valence-corrected chi connectivity index (χ1v) is 7.18. The van der Waals surface area contributed by atoms with E-state index in [0.717, 1.165) is 16.7 Å². The lowest BCUT2D eigenvalue weighted by atomic mass is 10.1. The number of hydrazone groups is 1. The lowest BCUT2D eigenvalue weighted by Crippen LogP contribution is -2.17. The maximum Gasteiger partial charge on any atom is 0.271 e.